The molecule has 0 aliphatic carbocycles. The van der Waals surface area contributed by atoms with Gasteiger partial charge in [0.25, 0.3) is 0 Å². The molecular formula is C27H39N3O7S. The Morgan fingerprint density at radius 2 is 1.68 bits per heavy atom. The van der Waals surface area contributed by atoms with Crippen LogP contribution in [0.1, 0.15) is 57.9 Å². The smallest absolute Gasteiger partial charge is 0.367 e. The summed E-state index contributed by atoms with van der Waals surface area (Å²) in [4.78, 5) is 59.3. The van der Waals surface area contributed by atoms with Crippen molar-refractivity contribution >= 4 is 40.8 Å². The number of unbranched alkanes of at least 4 members (excludes halogenated alkanes) is 2. The van der Waals surface area contributed by atoms with Crippen LogP contribution in [0.2, 0.25) is 0 Å². The van der Waals surface area contributed by atoms with Gasteiger partial charge in [-0.2, -0.15) is 0 Å². The molecule has 0 fully saturated rings. The zero-order valence-corrected chi connectivity index (χ0v) is 23.0. The molecule has 210 valence electrons. The molecule has 11 heteroatoms. The molecule has 3 amide bonds. The summed E-state index contributed by atoms with van der Waals surface area (Å²) in [5.74, 6) is -1.04. The van der Waals surface area contributed by atoms with E-state index in [2.05, 4.69) is 29.5 Å². The van der Waals surface area contributed by atoms with Crippen LogP contribution in [-0.2, 0) is 30.5 Å². The van der Waals surface area contributed by atoms with Crippen molar-refractivity contribution in [2.75, 3.05) is 25.4 Å². The standard InChI is InChI=1S/C27H39N3O7S/c1-4-7-8-10-21(9-5-2)26(34)30-17-24(32)29-18-25(33)37-22-13-11-20(12-14-22)19-36-27(35)38-16-15-28-23(31)6-3/h6,11-14,21H,3-5,7-10,15-19H2,1-2H3,(H,28,31)(H,29,32)(H,30,34). The van der Waals surface area contributed by atoms with Crippen LogP contribution in [0.4, 0.5) is 4.79 Å². The van der Waals surface area contributed by atoms with E-state index in [9.17, 15) is 24.0 Å². The van der Waals surface area contributed by atoms with E-state index in [4.69, 9.17) is 9.47 Å². The van der Waals surface area contributed by atoms with Crippen molar-refractivity contribution in [1.82, 2.24) is 16.0 Å². The summed E-state index contributed by atoms with van der Waals surface area (Å²) in [6.45, 7) is 7.29. The minimum atomic E-state index is -0.660. The van der Waals surface area contributed by atoms with E-state index in [1.165, 1.54) is 0 Å². The van der Waals surface area contributed by atoms with E-state index in [-0.39, 0.29) is 43.2 Å². The predicted molar refractivity (Wildman–Crippen MR) is 146 cm³/mol. The van der Waals surface area contributed by atoms with Gasteiger partial charge >= 0.3 is 11.3 Å². The van der Waals surface area contributed by atoms with Crippen LogP contribution in [0.3, 0.4) is 0 Å². The first kappa shape index (κ1) is 32.7. The zero-order valence-electron chi connectivity index (χ0n) is 22.2. The largest absolute Gasteiger partial charge is 0.453 e. The second-order valence-electron chi connectivity index (χ2n) is 8.48. The molecule has 1 rings (SSSR count). The summed E-state index contributed by atoms with van der Waals surface area (Å²) in [6.07, 6.45) is 6.77. The Bertz CT molecular complexity index is 922. The van der Waals surface area contributed by atoms with Crippen molar-refractivity contribution in [1.29, 1.82) is 0 Å². The number of esters is 1. The fourth-order valence-corrected chi connectivity index (χ4v) is 3.84. The number of benzene rings is 1. The molecule has 0 aliphatic heterocycles. The number of amides is 3. The maximum Gasteiger partial charge on any atom is 0.367 e. The van der Waals surface area contributed by atoms with Crippen LogP contribution in [-0.4, -0.2) is 54.4 Å². The first-order valence-corrected chi connectivity index (χ1v) is 13.8. The van der Waals surface area contributed by atoms with Gasteiger partial charge in [0.05, 0.1) is 6.54 Å². The minimum Gasteiger partial charge on any atom is -0.453 e. The van der Waals surface area contributed by atoms with Gasteiger partial charge in [0, 0.05) is 18.2 Å². The molecule has 1 unspecified atom stereocenters. The average Bonchev–Trinajstić information content (AvgIpc) is 2.92. The number of carbonyl (C=O) groups is 5. The minimum absolute atomic E-state index is 0.0402. The predicted octanol–water partition coefficient (Wildman–Crippen LogP) is 3.49. The van der Waals surface area contributed by atoms with E-state index >= 15 is 0 Å². The highest BCUT2D eigenvalue weighted by molar-refractivity contribution is 8.13. The van der Waals surface area contributed by atoms with Crippen molar-refractivity contribution in [2.24, 2.45) is 5.92 Å². The first-order valence-electron chi connectivity index (χ1n) is 12.8. The van der Waals surface area contributed by atoms with Gasteiger partial charge < -0.3 is 25.4 Å². The number of rotatable bonds is 18. The molecular weight excluding hydrogens is 510 g/mol. The molecule has 0 bridgehead atoms. The molecule has 0 saturated heterocycles. The molecule has 0 heterocycles. The number of carbonyl (C=O) groups excluding carboxylic acids is 5. The van der Waals surface area contributed by atoms with E-state index in [1.54, 1.807) is 24.3 Å². The third-order valence-corrected chi connectivity index (χ3v) is 6.10. The molecule has 0 aromatic heterocycles. The Morgan fingerprint density at radius 1 is 0.947 bits per heavy atom. The summed E-state index contributed by atoms with van der Waals surface area (Å²) >= 11 is 0.942. The molecule has 38 heavy (non-hydrogen) atoms. The molecule has 1 aromatic rings. The number of thioether (sulfide) groups is 1. The van der Waals surface area contributed by atoms with Crippen molar-refractivity contribution in [2.45, 2.75) is 59.0 Å². The molecule has 3 N–H and O–H groups in total. The molecule has 1 atom stereocenters. The van der Waals surface area contributed by atoms with E-state index in [1.807, 2.05) is 6.92 Å². The van der Waals surface area contributed by atoms with Gasteiger partial charge in [-0.15, -0.1) is 0 Å². The monoisotopic (exact) mass is 549 g/mol. The van der Waals surface area contributed by atoms with Gasteiger partial charge in [0.1, 0.15) is 18.9 Å². The van der Waals surface area contributed by atoms with Gasteiger partial charge in [0.2, 0.25) is 17.7 Å². The van der Waals surface area contributed by atoms with Gasteiger partial charge in [-0.1, -0.05) is 58.2 Å². The Labute approximate surface area is 228 Å². The number of nitrogens with one attached hydrogen (secondary N) is 3. The fraction of sp³-hybridized carbons (Fsp3) is 0.519. The number of hydrogen-bond donors (Lipinski definition) is 3. The lowest BCUT2D eigenvalue weighted by Crippen LogP contribution is -2.41. The normalized spacial score (nSPS) is 11.1. The lowest BCUT2D eigenvalue weighted by Gasteiger charge is -2.15. The molecule has 0 spiro atoms. The van der Waals surface area contributed by atoms with Crippen molar-refractivity contribution in [3.05, 3.63) is 42.5 Å². The highest BCUT2D eigenvalue weighted by Gasteiger charge is 2.18. The Hall–Kier alpha value is -3.34. The fourth-order valence-electron chi connectivity index (χ4n) is 3.33. The van der Waals surface area contributed by atoms with Gasteiger partial charge in [-0.3, -0.25) is 14.4 Å². The van der Waals surface area contributed by atoms with Crippen LogP contribution in [0, 0.1) is 5.92 Å². The van der Waals surface area contributed by atoms with Crippen LogP contribution in [0.25, 0.3) is 0 Å². The van der Waals surface area contributed by atoms with Gasteiger partial charge in [-0.05, 0) is 48.4 Å². The lowest BCUT2D eigenvalue weighted by atomic mass is 9.95. The van der Waals surface area contributed by atoms with Gasteiger partial charge in [0.15, 0.2) is 0 Å². The molecule has 0 saturated carbocycles. The first-order chi connectivity index (χ1) is 18.3. The lowest BCUT2D eigenvalue weighted by molar-refractivity contribution is -0.135. The Kier molecular flexibility index (Phi) is 17.0. The second kappa shape index (κ2) is 19.7. The maximum absolute atomic E-state index is 12.4. The summed E-state index contributed by atoms with van der Waals surface area (Å²) in [5, 5.41) is 7.18. The highest BCUT2D eigenvalue weighted by Crippen LogP contribution is 2.16. The third kappa shape index (κ3) is 15.0. The highest BCUT2D eigenvalue weighted by atomic mass is 32.2. The summed E-state index contributed by atoms with van der Waals surface area (Å²) in [5.41, 5.74) is 0.693. The molecule has 1 aromatic carbocycles. The van der Waals surface area contributed by atoms with Crippen LogP contribution < -0.4 is 20.7 Å². The summed E-state index contributed by atoms with van der Waals surface area (Å²) in [7, 11) is 0. The Balaban J connectivity index is 2.30. The second-order valence-corrected chi connectivity index (χ2v) is 9.51. The topological polar surface area (TPSA) is 140 Å². The molecule has 0 radical (unpaired) electrons. The maximum atomic E-state index is 12.4. The van der Waals surface area contributed by atoms with E-state index < -0.39 is 17.2 Å². The van der Waals surface area contributed by atoms with Crippen LogP contribution in [0.15, 0.2) is 36.9 Å². The van der Waals surface area contributed by atoms with E-state index in [0.717, 1.165) is 56.4 Å². The van der Waals surface area contributed by atoms with Crippen molar-refractivity contribution in [3.63, 3.8) is 0 Å². The molecule has 10 nitrogen and oxygen atoms in total. The van der Waals surface area contributed by atoms with Crippen LogP contribution in [0.5, 0.6) is 5.75 Å². The van der Waals surface area contributed by atoms with Crippen molar-refractivity contribution in [3.8, 4) is 5.75 Å². The average molecular weight is 550 g/mol. The summed E-state index contributed by atoms with van der Waals surface area (Å²) in [6, 6.07) is 6.39. The quantitative estimate of drug-likeness (QED) is 0.109. The zero-order chi connectivity index (χ0) is 28.2. The third-order valence-electron chi connectivity index (χ3n) is 5.34. The Morgan fingerprint density at radius 3 is 2.34 bits per heavy atom. The van der Waals surface area contributed by atoms with E-state index in [0.29, 0.717) is 17.9 Å². The summed E-state index contributed by atoms with van der Waals surface area (Å²) < 4.78 is 10.3. The number of hydrogen-bond acceptors (Lipinski definition) is 8. The SMILES string of the molecule is C=CC(=O)NCCSC(=O)OCc1ccc(OC(=O)CNC(=O)CNC(=O)C(CCC)CCCCC)cc1. The molecule has 0 aliphatic rings. The van der Waals surface area contributed by atoms with Crippen LogP contribution >= 0.6 is 11.8 Å². The van der Waals surface area contributed by atoms with Gasteiger partial charge in [-0.25, -0.2) is 9.59 Å². The van der Waals surface area contributed by atoms with Crippen molar-refractivity contribution < 1.29 is 33.4 Å². The number of ether oxygens (including phenoxy) is 2.